The van der Waals surface area contributed by atoms with E-state index in [0.29, 0.717) is 0 Å². The molecule has 0 atom stereocenters. The van der Waals surface area contributed by atoms with E-state index in [1.807, 2.05) is 11.6 Å². The number of rotatable bonds is 1. The van der Waals surface area contributed by atoms with Crippen LogP contribution in [0.5, 0.6) is 0 Å². The molecule has 0 aromatic rings. The van der Waals surface area contributed by atoms with Crippen LogP contribution < -0.4 is 10.9 Å². The summed E-state index contributed by atoms with van der Waals surface area (Å²) in [5.74, 6) is 1.17. The predicted octanol–water partition coefficient (Wildman–Crippen LogP) is -0.411. The molecule has 0 unspecified atom stereocenters. The third-order valence-electron chi connectivity index (χ3n) is 0.781. The van der Waals surface area contributed by atoms with Gasteiger partial charge in [0.05, 0.1) is 0 Å². The molecule has 0 aromatic carbocycles. The fourth-order valence-electron chi connectivity index (χ4n) is 0.473. The Hall–Kier alpha value is 0.230. The summed E-state index contributed by atoms with van der Waals surface area (Å²) in [6, 6.07) is 0. The molecule has 42 valence electrons. The molecule has 1 rings (SSSR count). The lowest BCUT2D eigenvalue weighted by Crippen LogP contribution is -2.35. The Bertz CT molecular complexity index is 52.1. The summed E-state index contributed by atoms with van der Waals surface area (Å²) in [7, 11) is 1.89. The highest BCUT2D eigenvalue weighted by atomic mass is 32.2. The Kier molecular flexibility index (Phi) is 1.93. The van der Waals surface area contributed by atoms with E-state index in [4.69, 9.17) is 0 Å². The second-order valence-corrected chi connectivity index (χ2v) is 2.29. The minimum absolute atomic E-state index is 1.07. The Morgan fingerprint density at radius 1 is 1.86 bits per heavy atom. The molecule has 1 saturated heterocycles. The first-order valence-corrected chi connectivity index (χ1v) is 3.21. The van der Waals surface area contributed by atoms with Gasteiger partial charge in [-0.3, -0.25) is 0 Å². The monoisotopic (exact) mass is 119 g/mol. The first-order chi connectivity index (χ1) is 3.43. The van der Waals surface area contributed by atoms with Gasteiger partial charge in [0.2, 0.25) is 0 Å². The van der Waals surface area contributed by atoms with E-state index >= 15 is 0 Å². The highest BCUT2D eigenvalue weighted by Gasteiger charge is 2.06. The highest BCUT2D eigenvalue weighted by Crippen LogP contribution is 2.06. The van der Waals surface area contributed by atoms with Crippen molar-refractivity contribution in [2.75, 3.05) is 19.3 Å². The first kappa shape index (κ1) is 5.37. The second kappa shape index (κ2) is 2.52. The van der Waals surface area contributed by atoms with E-state index in [1.165, 1.54) is 5.75 Å². The number of hydrogen-bond donors (Lipinski definition) is 2. The van der Waals surface area contributed by atoms with Gasteiger partial charge in [-0.1, -0.05) is 0 Å². The Balaban J connectivity index is 2.14. The minimum atomic E-state index is 1.07. The largest absolute Gasteiger partial charge is 0.234 e. The average Bonchev–Trinajstić information content (AvgIpc) is 2.14. The van der Waals surface area contributed by atoms with Crippen LogP contribution in [0.25, 0.3) is 0 Å². The van der Waals surface area contributed by atoms with Crippen molar-refractivity contribution in [3.63, 3.8) is 0 Å². The third-order valence-corrected chi connectivity index (χ3v) is 1.74. The van der Waals surface area contributed by atoms with Crippen LogP contribution in [0, 0.1) is 0 Å². The maximum Gasteiger partial charge on any atom is 0.0248 e. The average molecular weight is 119 g/mol. The number of hydrogen-bond acceptors (Lipinski definition) is 4. The van der Waals surface area contributed by atoms with Crippen molar-refractivity contribution in [1.82, 2.24) is 15.4 Å². The van der Waals surface area contributed by atoms with Gasteiger partial charge in [-0.05, 0) is 11.9 Å². The maximum absolute atomic E-state index is 3.09. The molecular weight excluding hydrogens is 110 g/mol. The molecule has 0 radical (unpaired) electrons. The summed E-state index contributed by atoms with van der Waals surface area (Å²) >= 11 is 1.75. The molecule has 1 aliphatic heterocycles. The highest BCUT2D eigenvalue weighted by molar-refractivity contribution is 7.97. The van der Waals surface area contributed by atoms with Crippen LogP contribution >= 0.6 is 11.9 Å². The molecular formula is C3H9N3S. The van der Waals surface area contributed by atoms with Crippen molar-refractivity contribution >= 4 is 11.9 Å². The van der Waals surface area contributed by atoms with Crippen LogP contribution in [0.2, 0.25) is 0 Å². The van der Waals surface area contributed by atoms with Gasteiger partial charge >= 0.3 is 0 Å². The van der Waals surface area contributed by atoms with E-state index in [1.54, 1.807) is 11.9 Å². The molecule has 0 saturated carbocycles. The van der Waals surface area contributed by atoms with E-state index < -0.39 is 0 Å². The van der Waals surface area contributed by atoms with Crippen LogP contribution in [0.4, 0.5) is 0 Å². The third kappa shape index (κ3) is 1.31. The molecule has 2 N–H and O–H groups in total. The van der Waals surface area contributed by atoms with Crippen LogP contribution in [0.3, 0.4) is 0 Å². The maximum atomic E-state index is 3.09. The van der Waals surface area contributed by atoms with Gasteiger partial charge in [-0.2, -0.15) is 0 Å². The zero-order chi connectivity index (χ0) is 5.11. The molecule has 0 amide bonds. The molecule has 3 nitrogen and oxygen atoms in total. The zero-order valence-electron chi connectivity index (χ0n) is 4.27. The van der Waals surface area contributed by atoms with Crippen molar-refractivity contribution in [1.29, 1.82) is 0 Å². The molecule has 4 heteroatoms. The van der Waals surface area contributed by atoms with Crippen molar-refractivity contribution < 1.29 is 0 Å². The minimum Gasteiger partial charge on any atom is -0.234 e. The fraction of sp³-hybridized carbons (Fsp3) is 1.00. The lowest BCUT2D eigenvalue weighted by Gasteiger charge is -2.08. The topological polar surface area (TPSA) is 27.3 Å². The van der Waals surface area contributed by atoms with Crippen molar-refractivity contribution in [3.05, 3.63) is 0 Å². The SMILES string of the molecule is CNN1NCCS1. The predicted molar refractivity (Wildman–Crippen MR) is 31.4 cm³/mol. The van der Waals surface area contributed by atoms with Gasteiger partial charge in [0.25, 0.3) is 0 Å². The van der Waals surface area contributed by atoms with Crippen molar-refractivity contribution in [3.8, 4) is 0 Å². The van der Waals surface area contributed by atoms with Crippen molar-refractivity contribution in [2.45, 2.75) is 0 Å². The molecule has 0 bridgehead atoms. The van der Waals surface area contributed by atoms with Gasteiger partial charge in [-0.15, -0.1) is 4.52 Å². The van der Waals surface area contributed by atoms with Crippen LogP contribution in [0.15, 0.2) is 0 Å². The number of hydrazine groups is 2. The van der Waals surface area contributed by atoms with E-state index in [0.717, 1.165) is 6.54 Å². The van der Waals surface area contributed by atoms with Gasteiger partial charge in [-0.25, -0.2) is 10.9 Å². The summed E-state index contributed by atoms with van der Waals surface area (Å²) in [6.07, 6.45) is 0. The fourth-order valence-corrected chi connectivity index (χ4v) is 1.15. The van der Waals surface area contributed by atoms with Crippen LogP contribution in [0.1, 0.15) is 0 Å². The summed E-state index contributed by atoms with van der Waals surface area (Å²) in [6.45, 7) is 1.07. The van der Waals surface area contributed by atoms with Gasteiger partial charge in [0, 0.05) is 19.3 Å². The summed E-state index contributed by atoms with van der Waals surface area (Å²) < 4.78 is 1.90. The number of nitrogens with one attached hydrogen (secondary N) is 2. The summed E-state index contributed by atoms with van der Waals surface area (Å²) in [4.78, 5) is 0. The molecule has 1 aliphatic rings. The molecule has 0 spiro atoms. The van der Waals surface area contributed by atoms with E-state index in [2.05, 4.69) is 10.9 Å². The normalized spacial score (nSPS) is 23.6. The van der Waals surface area contributed by atoms with Crippen molar-refractivity contribution in [2.24, 2.45) is 0 Å². The number of nitrogens with zero attached hydrogens (tertiary/aromatic N) is 1. The molecule has 0 aromatic heterocycles. The summed E-state index contributed by atoms with van der Waals surface area (Å²) in [5, 5.41) is 0. The van der Waals surface area contributed by atoms with Crippen LogP contribution in [-0.2, 0) is 0 Å². The molecule has 7 heavy (non-hydrogen) atoms. The standard InChI is InChI=1S/C3H9N3S/c1-4-6-5-2-3-7-6/h4-5H,2-3H2,1H3. The quantitative estimate of drug-likeness (QED) is 0.459. The molecule has 1 fully saturated rings. The van der Waals surface area contributed by atoms with Crippen LogP contribution in [-0.4, -0.2) is 23.9 Å². The smallest absolute Gasteiger partial charge is 0.0248 e. The van der Waals surface area contributed by atoms with E-state index in [9.17, 15) is 0 Å². The summed E-state index contributed by atoms with van der Waals surface area (Å²) in [5.41, 5.74) is 6.04. The lowest BCUT2D eigenvalue weighted by atomic mass is 10.8. The Labute approximate surface area is 47.5 Å². The lowest BCUT2D eigenvalue weighted by molar-refractivity contribution is 0.313. The van der Waals surface area contributed by atoms with Gasteiger partial charge in [0.1, 0.15) is 0 Å². The second-order valence-electron chi connectivity index (χ2n) is 1.26. The van der Waals surface area contributed by atoms with E-state index in [-0.39, 0.29) is 0 Å². The Morgan fingerprint density at radius 2 is 2.71 bits per heavy atom. The molecule has 1 heterocycles. The van der Waals surface area contributed by atoms with Gasteiger partial charge in [0.15, 0.2) is 0 Å². The molecule has 0 aliphatic carbocycles. The Morgan fingerprint density at radius 3 is 3.00 bits per heavy atom. The first-order valence-electron chi connectivity index (χ1n) is 2.27. The van der Waals surface area contributed by atoms with Gasteiger partial charge < -0.3 is 0 Å². The zero-order valence-corrected chi connectivity index (χ0v) is 5.09.